The van der Waals surface area contributed by atoms with Crippen molar-refractivity contribution in [3.8, 4) is 0 Å². The van der Waals surface area contributed by atoms with Crippen molar-refractivity contribution in [3.05, 3.63) is 0 Å². The van der Waals surface area contributed by atoms with Crippen molar-refractivity contribution in [2.45, 2.75) is 39.3 Å². The predicted molar refractivity (Wildman–Crippen MR) is 48.9 cm³/mol. The van der Waals surface area contributed by atoms with Crippen LogP contribution in [0.5, 0.6) is 0 Å². The highest BCUT2D eigenvalue weighted by atomic mass is 16.5. The molecule has 1 unspecified atom stereocenters. The molecule has 0 radical (unpaired) electrons. The SMILES string of the molecule is CC(C)OCCC(C)N(C)C. The van der Waals surface area contributed by atoms with Crippen molar-refractivity contribution in [1.29, 1.82) is 0 Å². The van der Waals surface area contributed by atoms with Gasteiger partial charge in [0.1, 0.15) is 0 Å². The van der Waals surface area contributed by atoms with Crippen molar-refractivity contribution < 1.29 is 4.74 Å². The Balaban J connectivity index is 3.24. The Kier molecular flexibility index (Phi) is 5.51. The molecule has 0 aromatic heterocycles. The molecular weight excluding hydrogens is 138 g/mol. The lowest BCUT2D eigenvalue weighted by molar-refractivity contribution is 0.0652. The summed E-state index contributed by atoms with van der Waals surface area (Å²) < 4.78 is 5.44. The normalized spacial score (nSPS) is 14.5. The Morgan fingerprint density at radius 3 is 2.09 bits per heavy atom. The molecule has 0 aliphatic carbocycles. The second-order valence-corrected chi connectivity index (χ2v) is 3.52. The van der Waals surface area contributed by atoms with Gasteiger partial charge >= 0.3 is 0 Å². The minimum Gasteiger partial charge on any atom is -0.379 e. The van der Waals surface area contributed by atoms with Crippen molar-refractivity contribution in [1.82, 2.24) is 4.90 Å². The lowest BCUT2D eigenvalue weighted by Crippen LogP contribution is -2.26. The minimum absolute atomic E-state index is 0.365. The molecule has 2 heteroatoms. The van der Waals surface area contributed by atoms with E-state index >= 15 is 0 Å². The maximum absolute atomic E-state index is 5.44. The predicted octanol–water partition coefficient (Wildman–Crippen LogP) is 1.75. The van der Waals surface area contributed by atoms with Gasteiger partial charge in [-0.25, -0.2) is 0 Å². The van der Waals surface area contributed by atoms with E-state index in [1.165, 1.54) is 0 Å². The van der Waals surface area contributed by atoms with Crippen LogP contribution in [0.25, 0.3) is 0 Å². The summed E-state index contributed by atoms with van der Waals surface area (Å²) >= 11 is 0. The summed E-state index contributed by atoms with van der Waals surface area (Å²) in [5.41, 5.74) is 0. The third-order valence-electron chi connectivity index (χ3n) is 1.87. The van der Waals surface area contributed by atoms with Gasteiger partial charge < -0.3 is 9.64 Å². The van der Waals surface area contributed by atoms with Gasteiger partial charge in [0.25, 0.3) is 0 Å². The standard InChI is InChI=1S/C9H21NO/c1-8(2)11-7-6-9(3)10(4)5/h8-9H,6-7H2,1-5H3. The van der Waals surface area contributed by atoms with Crippen LogP contribution in [0.1, 0.15) is 27.2 Å². The van der Waals surface area contributed by atoms with E-state index in [1.54, 1.807) is 0 Å². The van der Waals surface area contributed by atoms with Gasteiger partial charge in [0, 0.05) is 12.6 Å². The molecule has 0 saturated carbocycles. The molecule has 11 heavy (non-hydrogen) atoms. The molecule has 0 N–H and O–H groups in total. The van der Waals surface area contributed by atoms with E-state index in [2.05, 4.69) is 39.8 Å². The summed E-state index contributed by atoms with van der Waals surface area (Å²) in [5.74, 6) is 0. The molecule has 2 nitrogen and oxygen atoms in total. The summed E-state index contributed by atoms with van der Waals surface area (Å²) in [5, 5.41) is 0. The van der Waals surface area contributed by atoms with Gasteiger partial charge in [-0.2, -0.15) is 0 Å². The highest BCUT2D eigenvalue weighted by Crippen LogP contribution is 1.99. The molecule has 0 spiro atoms. The average molecular weight is 159 g/mol. The lowest BCUT2D eigenvalue weighted by Gasteiger charge is -2.19. The van der Waals surface area contributed by atoms with Crippen LogP contribution in [0.15, 0.2) is 0 Å². The highest BCUT2D eigenvalue weighted by Gasteiger charge is 2.03. The smallest absolute Gasteiger partial charge is 0.0518 e. The Morgan fingerprint density at radius 2 is 1.73 bits per heavy atom. The van der Waals surface area contributed by atoms with Crippen LogP contribution in [0.4, 0.5) is 0 Å². The van der Waals surface area contributed by atoms with Gasteiger partial charge in [0.05, 0.1) is 6.10 Å². The van der Waals surface area contributed by atoms with Gasteiger partial charge in [-0.3, -0.25) is 0 Å². The van der Waals surface area contributed by atoms with Crippen LogP contribution in [-0.2, 0) is 4.74 Å². The van der Waals surface area contributed by atoms with E-state index in [9.17, 15) is 0 Å². The fourth-order valence-corrected chi connectivity index (χ4v) is 0.732. The molecule has 0 rings (SSSR count). The van der Waals surface area contributed by atoms with Gasteiger partial charge in [-0.1, -0.05) is 0 Å². The van der Waals surface area contributed by atoms with E-state index in [4.69, 9.17) is 4.74 Å². The maximum atomic E-state index is 5.44. The first-order valence-electron chi connectivity index (χ1n) is 4.32. The van der Waals surface area contributed by atoms with Crippen LogP contribution >= 0.6 is 0 Å². The Hall–Kier alpha value is -0.0800. The molecule has 1 atom stereocenters. The van der Waals surface area contributed by atoms with Crippen molar-refractivity contribution in [3.63, 3.8) is 0 Å². The Bertz CT molecular complexity index is 91.6. The Labute approximate surface area is 70.5 Å². The van der Waals surface area contributed by atoms with Crippen LogP contribution in [0, 0.1) is 0 Å². The number of hydrogen-bond donors (Lipinski definition) is 0. The fraction of sp³-hybridized carbons (Fsp3) is 1.00. The van der Waals surface area contributed by atoms with Gasteiger partial charge in [-0.05, 0) is 41.3 Å². The van der Waals surface area contributed by atoms with E-state index in [0.29, 0.717) is 12.1 Å². The average Bonchev–Trinajstić information content (AvgIpc) is 1.86. The zero-order valence-corrected chi connectivity index (χ0v) is 8.42. The van der Waals surface area contributed by atoms with Crippen LogP contribution in [0.2, 0.25) is 0 Å². The zero-order valence-electron chi connectivity index (χ0n) is 8.42. The van der Waals surface area contributed by atoms with E-state index in [0.717, 1.165) is 13.0 Å². The third kappa shape index (κ3) is 6.32. The summed E-state index contributed by atoms with van der Waals surface area (Å²) in [7, 11) is 4.19. The first kappa shape index (κ1) is 10.9. The second kappa shape index (κ2) is 5.56. The summed E-state index contributed by atoms with van der Waals surface area (Å²) in [4.78, 5) is 2.21. The molecule has 0 aliphatic heterocycles. The molecule has 0 bridgehead atoms. The van der Waals surface area contributed by atoms with Crippen molar-refractivity contribution in [2.75, 3.05) is 20.7 Å². The number of ether oxygens (including phenoxy) is 1. The Morgan fingerprint density at radius 1 is 1.18 bits per heavy atom. The summed E-state index contributed by atoms with van der Waals surface area (Å²) in [6, 6.07) is 0.619. The first-order valence-corrected chi connectivity index (χ1v) is 4.32. The zero-order chi connectivity index (χ0) is 8.85. The van der Waals surface area contributed by atoms with E-state index in [-0.39, 0.29) is 0 Å². The fourth-order valence-electron chi connectivity index (χ4n) is 0.732. The quantitative estimate of drug-likeness (QED) is 0.606. The molecule has 68 valence electrons. The van der Waals surface area contributed by atoms with Crippen molar-refractivity contribution in [2.24, 2.45) is 0 Å². The van der Waals surface area contributed by atoms with Gasteiger partial charge in [-0.15, -0.1) is 0 Å². The molecular formula is C9H21NO. The number of rotatable bonds is 5. The molecule has 0 saturated heterocycles. The van der Waals surface area contributed by atoms with Crippen LogP contribution in [0.3, 0.4) is 0 Å². The van der Waals surface area contributed by atoms with Crippen LogP contribution in [-0.4, -0.2) is 37.7 Å². The largest absolute Gasteiger partial charge is 0.379 e. The monoisotopic (exact) mass is 159 g/mol. The summed E-state index contributed by atoms with van der Waals surface area (Å²) in [6.45, 7) is 7.22. The molecule has 0 aliphatic rings. The molecule has 0 heterocycles. The molecule has 0 aromatic carbocycles. The van der Waals surface area contributed by atoms with E-state index in [1.807, 2.05) is 0 Å². The van der Waals surface area contributed by atoms with Gasteiger partial charge in [0.15, 0.2) is 0 Å². The minimum atomic E-state index is 0.365. The second-order valence-electron chi connectivity index (χ2n) is 3.52. The van der Waals surface area contributed by atoms with Crippen molar-refractivity contribution >= 4 is 0 Å². The topological polar surface area (TPSA) is 12.5 Å². The van der Waals surface area contributed by atoms with E-state index < -0.39 is 0 Å². The lowest BCUT2D eigenvalue weighted by atomic mass is 10.2. The third-order valence-corrected chi connectivity index (χ3v) is 1.87. The highest BCUT2D eigenvalue weighted by molar-refractivity contribution is 4.58. The summed E-state index contributed by atoms with van der Waals surface area (Å²) in [6.07, 6.45) is 1.48. The molecule has 0 amide bonds. The molecule has 0 aromatic rings. The maximum Gasteiger partial charge on any atom is 0.0518 e. The first-order chi connectivity index (χ1) is 5.04. The molecule has 0 fully saturated rings. The number of nitrogens with zero attached hydrogens (tertiary/aromatic N) is 1. The van der Waals surface area contributed by atoms with Crippen LogP contribution < -0.4 is 0 Å². The number of hydrogen-bond acceptors (Lipinski definition) is 2. The van der Waals surface area contributed by atoms with Gasteiger partial charge in [0.2, 0.25) is 0 Å².